The lowest BCUT2D eigenvalue weighted by atomic mass is 9.75. The third-order valence-corrected chi connectivity index (χ3v) is 5.44. The second-order valence-electron chi connectivity index (χ2n) is 6.78. The third kappa shape index (κ3) is 2.49. The van der Waals surface area contributed by atoms with E-state index in [4.69, 9.17) is 9.84 Å². The molecule has 2 aliphatic rings. The molecule has 4 nitrogen and oxygen atoms in total. The van der Waals surface area contributed by atoms with Gasteiger partial charge >= 0.3 is 5.97 Å². The fourth-order valence-corrected chi connectivity index (χ4v) is 4.20. The maximum Gasteiger partial charge on any atom is 0.335 e. The van der Waals surface area contributed by atoms with Crippen LogP contribution in [-0.4, -0.2) is 18.2 Å². The quantitative estimate of drug-likeness (QED) is 0.809. The molecule has 0 spiro atoms. The maximum atomic E-state index is 11.1. The SMILES string of the molecule is COc1ccc(C)c2c1N[C@@H](c1ccc(C(=O)O)cc1)[C@H]1CC=C[C@@H]21. The topological polar surface area (TPSA) is 58.6 Å². The Balaban J connectivity index is 1.79. The van der Waals surface area contributed by atoms with E-state index in [0.717, 1.165) is 23.4 Å². The van der Waals surface area contributed by atoms with Gasteiger partial charge in [-0.15, -0.1) is 0 Å². The maximum absolute atomic E-state index is 11.1. The molecule has 25 heavy (non-hydrogen) atoms. The van der Waals surface area contributed by atoms with Crippen molar-refractivity contribution < 1.29 is 14.6 Å². The summed E-state index contributed by atoms with van der Waals surface area (Å²) in [7, 11) is 1.69. The van der Waals surface area contributed by atoms with Crippen molar-refractivity contribution in [1.29, 1.82) is 0 Å². The van der Waals surface area contributed by atoms with E-state index in [1.54, 1.807) is 19.2 Å². The molecule has 128 valence electrons. The summed E-state index contributed by atoms with van der Waals surface area (Å²) < 4.78 is 5.59. The summed E-state index contributed by atoms with van der Waals surface area (Å²) in [5.41, 5.74) is 5.07. The number of rotatable bonds is 3. The van der Waals surface area contributed by atoms with Crippen molar-refractivity contribution >= 4 is 11.7 Å². The number of carboxylic acids is 1. The van der Waals surface area contributed by atoms with Gasteiger partial charge in [-0.2, -0.15) is 0 Å². The van der Waals surface area contributed by atoms with Crippen LogP contribution < -0.4 is 10.1 Å². The van der Waals surface area contributed by atoms with Crippen molar-refractivity contribution in [3.63, 3.8) is 0 Å². The highest BCUT2D eigenvalue weighted by atomic mass is 16.5. The molecule has 0 radical (unpaired) electrons. The molecule has 2 aromatic carbocycles. The molecule has 0 unspecified atom stereocenters. The van der Waals surface area contributed by atoms with Gasteiger partial charge in [-0.3, -0.25) is 0 Å². The van der Waals surface area contributed by atoms with Gasteiger partial charge in [0, 0.05) is 5.92 Å². The molecule has 3 atom stereocenters. The van der Waals surface area contributed by atoms with E-state index in [2.05, 4.69) is 30.5 Å². The van der Waals surface area contributed by atoms with Gasteiger partial charge in [0.15, 0.2) is 0 Å². The molecular weight excluding hydrogens is 314 g/mol. The van der Waals surface area contributed by atoms with Crippen LogP contribution in [0.25, 0.3) is 0 Å². The number of carboxylic acid groups (broad SMARTS) is 1. The number of benzene rings is 2. The number of nitrogens with one attached hydrogen (secondary N) is 1. The lowest BCUT2D eigenvalue weighted by Gasteiger charge is -2.39. The average molecular weight is 335 g/mol. The summed E-state index contributed by atoms with van der Waals surface area (Å²) in [5, 5.41) is 12.8. The van der Waals surface area contributed by atoms with E-state index in [9.17, 15) is 4.79 Å². The minimum Gasteiger partial charge on any atom is -0.495 e. The highest BCUT2D eigenvalue weighted by Gasteiger charge is 2.39. The Morgan fingerprint density at radius 3 is 2.64 bits per heavy atom. The van der Waals surface area contributed by atoms with Crippen LogP contribution >= 0.6 is 0 Å². The number of aromatic carboxylic acids is 1. The number of hydrogen-bond donors (Lipinski definition) is 2. The number of fused-ring (bicyclic) bond motifs is 3. The van der Waals surface area contributed by atoms with Crippen LogP contribution in [0.1, 0.15) is 45.4 Å². The van der Waals surface area contributed by atoms with E-state index in [-0.39, 0.29) is 6.04 Å². The molecule has 4 rings (SSSR count). The fraction of sp³-hybridized carbons (Fsp3) is 0.286. The molecule has 0 amide bonds. The van der Waals surface area contributed by atoms with Crippen LogP contribution in [0, 0.1) is 12.8 Å². The van der Waals surface area contributed by atoms with E-state index in [0.29, 0.717) is 17.4 Å². The van der Waals surface area contributed by atoms with Crippen LogP contribution in [0.15, 0.2) is 48.6 Å². The zero-order chi connectivity index (χ0) is 17.6. The van der Waals surface area contributed by atoms with E-state index in [1.807, 2.05) is 18.2 Å². The highest BCUT2D eigenvalue weighted by Crippen LogP contribution is 2.53. The number of hydrogen-bond acceptors (Lipinski definition) is 3. The number of anilines is 1. The van der Waals surface area contributed by atoms with Crippen molar-refractivity contribution in [2.24, 2.45) is 5.92 Å². The second-order valence-corrected chi connectivity index (χ2v) is 6.78. The molecule has 1 aliphatic heterocycles. The molecule has 0 saturated heterocycles. The van der Waals surface area contributed by atoms with Crippen molar-refractivity contribution in [3.05, 3.63) is 70.8 Å². The lowest BCUT2D eigenvalue weighted by molar-refractivity contribution is 0.0697. The van der Waals surface area contributed by atoms with Crippen molar-refractivity contribution in [1.82, 2.24) is 0 Å². The van der Waals surface area contributed by atoms with Gasteiger partial charge in [0.05, 0.1) is 24.4 Å². The zero-order valence-electron chi connectivity index (χ0n) is 14.3. The summed E-state index contributed by atoms with van der Waals surface area (Å²) in [6.07, 6.45) is 5.57. The highest BCUT2D eigenvalue weighted by molar-refractivity contribution is 5.87. The molecule has 2 N–H and O–H groups in total. The van der Waals surface area contributed by atoms with Crippen LogP contribution in [0.2, 0.25) is 0 Å². The first-order chi connectivity index (χ1) is 12.1. The summed E-state index contributed by atoms with van der Waals surface area (Å²) in [4.78, 5) is 11.1. The molecule has 1 heterocycles. The molecule has 2 aromatic rings. The first-order valence-electron chi connectivity index (χ1n) is 8.54. The van der Waals surface area contributed by atoms with E-state index < -0.39 is 5.97 Å². The number of ether oxygens (including phenoxy) is 1. The van der Waals surface area contributed by atoms with Crippen molar-refractivity contribution in [2.45, 2.75) is 25.3 Å². The molecule has 0 saturated carbocycles. The van der Waals surface area contributed by atoms with Crippen LogP contribution in [0.5, 0.6) is 5.75 Å². The molecule has 4 heteroatoms. The Hall–Kier alpha value is -2.75. The van der Waals surface area contributed by atoms with Crippen molar-refractivity contribution in [2.75, 3.05) is 12.4 Å². The second kappa shape index (κ2) is 5.96. The summed E-state index contributed by atoms with van der Waals surface area (Å²) >= 11 is 0. The van der Waals surface area contributed by atoms with Gasteiger partial charge in [-0.05, 0) is 54.2 Å². The van der Waals surface area contributed by atoms with Gasteiger partial charge in [0.25, 0.3) is 0 Å². The van der Waals surface area contributed by atoms with Crippen molar-refractivity contribution in [3.8, 4) is 5.75 Å². The van der Waals surface area contributed by atoms with Gasteiger partial charge in [-0.25, -0.2) is 4.79 Å². The summed E-state index contributed by atoms with van der Waals surface area (Å²) in [6.45, 7) is 2.14. The number of allylic oxidation sites excluding steroid dienone is 2. The molecule has 0 fully saturated rings. The Morgan fingerprint density at radius 2 is 1.96 bits per heavy atom. The molecule has 0 aromatic heterocycles. The smallest absolute Gasteiger partial charge is 0.335 e. The van der Waals surface area contributed by atoms with E-state index >= 15 is 0 Å². The minimum atomic E-state index is -0.897. The third-order valence-electron chi connectivity index (χ3n) is 5.44. The number of carbonyl (C=O) groups is 1. The van der Waals surface area contributed by atoms with Crippen LogP contribution in [0.4, 0.5) is 5.69 Å². The Labute approximate surface area is 147 Å². The van der Waals surface area contributed by atoms with Gasteiger partial charge in [-0.1, -0.05) is 30.4 Å². The summed E-state index contributed by atoms with van der Waals surface area (Å²) in [6, 6.07) is 11.5. The van der Waals surface area contributed by atoms with Crippen LogP contribution in [0.3, 0.4) is 0 Å². The predicted octanol–water partition coefficient (Wildman–Crippen LogP) is 4.53. The molecule has 0 bridgehead atoms. The van der Waals surface area contributed by atoms with Crippen LogP contribution in [-0.2, 0) is 0 Å². The molecule has 1 aliphatic carbocycles. The lowest BCUT2D eigenvalue weighted by Crippen LogP contribution is -2.30. The predicted molar refractivity (Wildman–Crippen MR) is 97.5 cm³/mol. The Bertz CT molecular complexity index is 854. The Kier molecular flexibility index (Phi) is 3.75. The first-order valence-corrected chi connectivity index (χ1v) is 8.54. The summed E-state index contributed by atoms with van der Waals surface area (Å²) in [5.74, 6) is 0.738. The number of methoxy groups -OCH3 is 1. The fourth-order valence-electron chi connectivity index (χ4n) is 4.20. The molecular formula is C21H21NO3. The van der Waals surface area contributed by atoms with Gasteiger partial charge in [0.2, 0.25) is 0 Å². The van der Waals surface area contributed by atoms with Gasteiger partial charge < -0.3 is 15.2 Å². The van der Waals surface area contributed by atoms with E-state index in [1.165, 1.54) is 11.1 Å². The minimum absolute atomic E-state index is 0.131. The standard InChI is InChI=1S/C21H21NO3/c1-12-6-11-17(25-2)20-18(12)15-4-3-5-16(15)19(22-20)13-7-9-14(10-8-13)21(23)24/h3-4,6-11,15-16,19,22H,5H2,1-2H3,(H,23,24)/t15-,16+,19+/m1/s1. The van der Waals surface area contributed by atoms with Gasteiger partial charge in [0.1, 0.15) is 5.75 Å². The largest absolute Gasteiger partial charge is 0.495 e. The average Bonchev–Trinajstić information content (AvgIpc) is 3.11. The zero-order valence-corrected chi connectivity index (χ0v) is 14.3. The first kappa shape index (κ1) is 15.8. The monoisotopic (exact) mass is 335 g/mol. The normalized spacial score (nSPS) is 23.5. The number of aryl methyl sites for hydroxylation is 1. The Morgan fingerprint density at radius 1 is 1.20 bits per heavy atom.